The van der Waals surface area contributed by atoms with E-state index in [9.17, 15) is 0 Å². The first-order valence-corrected chi connectivity index (χ1v) is 3.03. The average molecular weight is 125 g/mol. The Morgan fingerprint density at radius 2 is 2.67 bits per heavy atom. The standard InChI is InChI=1S/C6H11N3/c1-5(7)4-6-2-3-8-9-6/h2-3,5H,4,7H2,1H3,(H,8,9)/t5-/m1/s1. The highest BCUT2D eigenvalue weighted by molar-refractivity contribution is 4.98. The molecular formula is C6H11N3. The average Bonchev–Trinajstić information content (AvgIpc) is 2.15. The lowest BCUT2D eigenvalue weighted by atomic mass is 10.2. The van der Waals surface area contributed by atoms with E-state index in [0.717, 1.165) is 12.1 Å². The molecule has 3 nitrogen and oxygen atoms in total. The van der Waals surface area contributed by atoms with E-state index in [1.807, 2.05) is 13.0 Å². The second kappa shape index (κ2) is 2.64. The Labute approximate surface area is 54.3 Å². The van der Waals surface area contributed by atoms with Crippen molar-refractivity contribution in [1.82, 2.24) is 10.2 Å². The van der Waals surface area contributed by atoms with Gasteiger partial charge in [0.2, 0.25) is 0 Å². The third kappa shape index (κ3) is 1.85. The van der Waals surface area contributed by atoms with Gasteiger partial charge in [0, 0.05) is 24.4 Å². The van der Waals surface area contributed by atoms with Gasteiger partial charge >= 0.3 is 0 Å². The molecule has 1 atom stereocenters. The largest absolute Gasteiger partial charge is 0.328 e. The molecule has 50 valence electrons. The van der Waals surface area contributed by atoms with Crippen LogP contribution in [0.25, 0.3) is 0 Å². The van der Waals surface area contributed by atoms with E-state index in [1.165, 1.54) is 0 Å². The van der Waals surface area contributed by atoms with Crippen molar-refractivity contribution < 1.29 is 0 Å². The van der Waals surface area contributed by atoms with Crippen molar-refractivity contribution in [3.63, 3.8) is 0 Å². The van der Waals surface area contributed by atoms with Gasteiger partial charge in [0.15, 0.2) is 0 Å². The summed E-state index contributed by atoms with van der Waals surface area (Å²) < 4.78 is 0. The molecule has 3 heteroatoms. The first kappa shape index (κ1) is 6.29. The number of H-pyrrole nitrogens is 1. The van der Waals surface area contributed by atoms with E-state index in [2.05, 4.69) is 10.2 Å². The number of hydrogen-bond donors (Lipinski definition) is 2. The lowest BCUT2D eigenvalue weighted by Crippen LogP contribution is -2.17. The number of hydrogen-bond acceptors (Lipinski definition) is 2. The highest BCUT2D eigenvalue weighted by atomic mass is 15.1. The molecule has 0 aliphatic rings. The zero-order valence-electron chi connectivity index (χ0n) is 5.46. The Bertz CT molecular complexity index is 155. The minimum atomic E-state index is 0.213. The quantitative estimate of drug-likeness (QED) is 0.597. The molecule has 1 aromatic rings. The van der Waals surface area contributed by atoms with Crippen molar-refractivity contribution in [1.29, 1.82) is 0 Å². The molecule has 0 aliphatic carbocycles. The van der Waals surface area contributed by atoms with Gasteiger partial charge in [-0.1, -0.05) is 0 Å². The van der Waals surface area contributed by atoms with Crippen LogP contribution in [0.5, 0.6) is 0 Å². The van der Waals surface area contributed by atoms with E-state index >= 15 is 0 Å². The van der Waals surface area contributed by atoms with Crippen LogP contribution >= 0.6 is 0 Å². The number of nitrogens with two attached hydrogens (primary N) is 1. The molecule has 1 rings (SSSR count). The molecule has 1 heterocycles. The maximum Gasteiger partial charge on any atom is 0.0490 e. The van der Waals surface area contributed by atoms with Crippen LogP contribution in [0, 0.1) is 0 Å². The van der Waals surface area contributed by atoms with E-state index < -0.39 is 0 Å². The van der Waals surface area contributed by atoms with Crippen molar-refractivity contribution in [3.8, 4) is 0 Å². The topological polar surface area (TPSA) is 54.7 Å². The highest BCUT2D eigenvalue weighted by Gasteiger charge is 1.96. The molecule has 0 amide bonds. The third-order valence-corrected chi connectivity index (χ3v) is 1.10. The molecule has 0 fully saturated rings. The monoisotopic (exact) mass is 125 g/mol. The summed E-state index contributed by atoms with van der Waals surface area (Å²) in [5.74, 6) is 0. The van der Waals surface area contributed by atoms with Crippen LogP contribution in [0.1, 0.15) is 12.6 Å². The number of aromatic nitrogens is 2. The summed E-state index contributed by atoms with van der Waals surface area (Å²) in [6.45, 7) is 1.97. The van der Waals surface area contributed by atoms with Gasteiger partial charge in [-0.05, 0) is 13.0 Å². The molecule has 0 saturated carbocycles. The Hall–Kier alpha value is -0.830. The molecule has 9 heavy (non-hydrogen) atoms. The molecule has 0 bridgehead atoms. The van der Waals surface area contributed by atoms with Crippen LogP contribution in [-0.4, -0.2) is 16.2 Å². The normalized spacial score (nSPS) is 13.6. The molecule has 0 unspecified atom stereocenters. The highest BCUT2D eigenvalue weighted by Crippen LogP contribution is 1.94. The molecule has 0 aliphatic heterocycles. The van der Waals surface area contributed by atoms with Crippen LogP contribution in [0.4, 0.5) is 0 Å². The lowest BCUT2D eigenvalue weighted by molar-refractivity contribution is 0.719. The predicted octanol–water partition coefficient (Wildman–Crippen LogP) is 0.299. The van der Waals surface area contributed by atoms with E-state index in [0.29, 0.717) is 0 Å². The fraction of sp³-hybridized carbons (Fsp3) is 0.500. The number of rotatable bonds is 2. The van der Waals surface area contributed by atoms with Gasteiger partial charge in [-0.15, -0.1) is 0 Å². The summed E-state index contributed by atoms with van der Waals surface area (Å²) in [5.41, 5.74) is 6.64. The molecule has 1 aromatic heterocycles. The molecule has 0 aromatic carbocycles. The Balaban J connectivity index is 2.48. The number of nitrogens with one attached hydrogen (secondary N) is 1. The fourth-order valence-corrected chi connectivity index (χ4v) is 0.745. The van der Waals surface area contributed by atoms with Crippen LogP contribution < -0.4 is 5.73 Å². The number of nitrogens with zero attached hydrogens (tertiary/aromatic N) is 1. The summed E-state index contributed by atoms with van der Waals surface area (Å²) in [6, 6.07) is 2.15. The van der Waals surface area contributed by atoms with Gasteiger partial charge in [-0.2, -0.15) is 5.10 Å². The summed E-state index contributed by atoms with van der Waals surface area (Å²) in [6.07, 6.45) is 2.61. The molecule has 0 saturated heterocycles. The van der Waals surface area contributed by atoms with Crippen molar-refractivity contribution in [2.45, 2.75) is 19.4 Å². The molecule has 0 spiro atoms. The maximum absolute atomic E-state index is 5.54. The Morgan fingerprint density at radius 1 is 1.89 bits per heavy atom. The van der Waals surface area contributed by atoms with E-state index in [-0.39, 0.29) is 6.04 Å². The van der Waals surface area contributed by atoms with Gasteiger partial charge in [0.05, 0.1) is 0 Å². The second-order valence-corrected chi connectivity index (χ2v) is 2.26. The third-order valence-electron chi connectivity index (χ3n) is 1.10. The number of aromatic amines is 1. The SMILES string of the molecule is C[C@@H](N)Cc1ccn[nH]1. The first-order chi connectivity index (χ1) is 4.29. The Morgan fingerprint density at radius 3 is 3.11 bits per heavy atom. The van der Waals surface area contributed by atoms with Gasteiger partial charge in [-0.3, -0.25) is 5.10 Å². The minimum absolute atomic E-state index is 0.213. The summed E-state index contributed by atoms with van der Waals surface area (Å²) in [5, 5.41) is 6.63. The molecular weight excluding hydrogens is 114 g/mol. The minimum Gasteiger partial charge on any atom is -0.328 e. The maximum atomic E-state index is 5.54. The zero-order valence-corrected chi connectivity index (χ0v) is 5.46. The van der Waals surface area contributed by atoms with Gasteiger partial charge in [0.25, 0.3) is 0 Å². The Kier molecular flexibility index (Phi) is 1.85. The zero-order chi connectivity index (χ0) is 6.69. The molecule has 0 radical (unpaired) electrons. The second-order valence-electron chi connectivity index (χ2n) is 2.26. The van der Waals surface area contributed by atoms with Crippen molar-refractivity contribution in [2.24, 2.45) is 5.73 Å². The predicted molar refractivity (Wildman–Crippen MR) is 35.9 cm³/mol. The van der Waals surface area contributed by atoms with Crippen LogP contribution in [0.15, 0.2) is 12.3 Å². The molecule has 3 N–H and O–H groups in total. The van der Waals surface area contributed by atoms with E-state index in [1.54, 1.807) is 6.20 Å². The van der Waals surface area contributed by atoms with Gasteiger partial charge in [-0.25, -0.2) is 0 Å². The summed E-state index contributed by atoms with van der Waals surface area (Å²) in [7, 11) is 0. The first-order valence-electron chi connectivity index (χ1n) is 3.03. The van der Waals surface area contributed by atoms with Gasteiger partial charge in [0.1, 0.15) is 0 Å². The van der Waals surface area contributed by atoms with Crippen LogP contribution in [0.2, 0.25) is 0 Å². The summed E-state index contributed by atoms with van der Waals surface area (Å²) in [4.78, 5) is 0. The smallest absolute Gasteiger partial charge is 0.0490 e. The van der Waals surface area contributed by atoms with Crippen LogP contribution in [0.3, 0.4) is 0 Å². The van der Waals surface area contributed by atoms with Crippen molar-refractivity contribution in [3.05, 3.63) is 18.0 Å². The summed E-state index contributed by atoms with van der Waals surface area (Å²) >= 11 is 0. The van der Waals surface area contributed by atoms with Crippen LogP contribution in [-0.2, 0) is 6.42 Å². The van der Waals surface area contributed by atoms with E-state index in [4.69, 9.17) is 5.73 Å². The lowest BCUT2D eigenvalue weighted by Gasteiger charge is -1.99. The fourth-order valence-electron chi connectivity index (χ4n) is 0.745. The van der Waals surface area contributed by atoms with Crippen molar-refractivity contribution in [2.75, 3.05) is 0 Å². The van der Waals surface area contributed by atoms with Gasteiger partial charge < -0.3 is 5.73 Å². The van der Waals surface area contributed by atoms with Crippen molar-refractivity contribution >= 4 is 0 Å².